The molecule has 1 atom stereocenters. The summed E-state index contributed by atoms with van der Waals surface area (Å²) in [5.74, 6) is -0.944. The second-order valence-corrected chi connectivity index (χ2v) is 11.6. The molecule has 5 rings (SSSR count). The minimum absolute atomic E-state index is 0.0548. The van der Waals surface area contributed by atoms with E-state index in [-0.39, 0.29) is 11.5 Å². The van der Waals surface area contributed by atoms with E-state index >= 15 is 4.39 Å². The van der Waals surface area contributed by atoms with Gasteiger partial charge in [0.05, 0.1) is 12.2 Å². The third-order valence-corrected chi connectivity index (χ3v) is 8.40. The Hall–Kier alpha value is -2.35. The van der Waals surface area contributed by atoms with Crippen LogP contribution in [-0.2, 0) is 11.3 Å². The summed E-state index contributed by atoms with van der Waals surface area (Å²) in [7, 11) is 0. The van der Waals surface area contributed by atoms with Crippen molar-refractivity contribution < 1.29 is 23.8 Å². The predicted octanol–water partition coefficient (Wildman–Crippen LogP) is 6.38. The number of hydrogen-bond acceptors (Lipinski definition) is 4. The third kappa shape index (κ3) is 6.44. The number of likely N-dealkylation sites (tertiary alicyclic amines) is 2. The van der Waals surface area contributed by atoms with E-state index in [4.69, 9.17) is 27.9 Å². The molecule has 2 aliphatic heterocycles. The smallest absolute Gasteiger partial charge is 0.326 e. The maximum atomic E-state index is 15.1. The van der Waals surface area contributed by atoms with E-state index in [0.29, 0.717) is 47.7 Å². The summed E-state index contributed by atoms with van der Waals surface area (Å²) in [4.78, 5) is 28.3. The number of carbonyl (C=O) groups is 2. The van der Waals surface area contributed by atoms with Gasteiger partial charge < -0.3 is 14.7 Å². The van der Waals surface area contributed by atoms with Gasteiger partial charge in [-0.3, -0.25) is 9.69 Å². The van der Waals surface area contributed by atoms with Crippen molar-refractivity contribution >= 4 is 35.1 Å². The molecule has 0 unspecified atom stereocenters. The first-order chi connectivity index (χ1) is 18.3. The number of amides is 1. The van der Waals surface area contributed by atoms with Gasteiger partial charge in [-0.1, -0.05) is 23.2 Å². The molecule has 0 spiro atoms. The maximum Gasteiger partial charge on any atom is 0.326 e. The van der Waals surface area contributed by atoms with Crippen molar-refractivity contribution in [2.24, 2.45) is 5.92 Å². The topological polar surface area (TPSA) is 70.1 Å². The standard InChI is InChI=1S/C29H33Cl2FN2O4/c30-21-12-19(13-22(31)14-21)17-33-9-5-18(6-10-33)7-11-38-27-16-25(32)24(15-23(27)20-3-4-20)28(35)34-8-1-2-26(34)29(36)37/h12-16,18,20,26H,1-11,17H2,(H,36,37)/t26-/m0/s1. The number of carboxylic acids is 1. The molecule has 1 aliphatic carbocycles. The number of aliphatic carboxylic acids is 1. The molecular weight excluding hydrogens is 530 g/mol. The van der Waals surface area contributed by atoms with E-state index in [0.717, 1.165) is 62.9 Å². The molecule has 3 fully saturated rings. The summed E-state index contributed by atoms with van der Waals surface area (Å²) in [6.07, 6.45) is 5.98. The van der Waals surface area contributed by atoms with Crippen molar-refractivity contribution in [2.45, 2.75) is 63.5 Å². The molecule has 6 nitrogen and oxygen atoms in total. The van der Waals surface area contributed by atoms with Crippen LogP contribution in [0.25, 0.3) is 0 Å². The Morgan fingerprint density at radius 3 is 2.34 bits per heavy atom. The van der Waals surface area contributed by atoms with Gasteiger partial charge in [0.25, 0.3) is 5.91 Å². The average Bonchev–Trinajstić information content (AvgIpc) is 3.59. The largest absolute Gasteiger partial charge is 0.493 e. The van der Waals surface area contributed by atoms with Gasteiger partial charge in [-0.05, 0) is 105 Å². The second kappa shape index (κ2) is 11.8. The Kier molecular flexibility index (Phi) is 8.46. The quantitative estimate of drug-likeness (QED) is 0.384. The molecule has 0 aromatic heterocycles. The Bertz CT molecular complexity index is 1180. The van der Waals surface area contributed by atoms with Crippen molar-refractivity contribution in [2.75, 3.05) is 26.2 Å². The molecule has 204 valence electrons. The van der Waals surface area contributed by atoms with Gasteiger partial charge in [0.15, 0.2) is 0 Å². The van der Waals surface area contributed by atoms with Gasteiger partial charge in [0.1, 0.15) is 17.6 Å². The highest BCUT2D eigenvalue weighted by atomic mass is 35.5. The van der Waals surface area contributed by atoms with Crippen LogP contribution in [0.3, 0.4) is 0 Å². The van der Waals surface area contributed by atoms with Crippen LogP contribution in [0.2, 0.25) is 10.0 Å². The number of halogens is 3. The van der Waals surface area contributed by atoms with Crippen molar-refractivity contribution in [3.8, 4) is 5.75 Å². The van der Waals surface area contributed by atoms with Gasteiger partial charge in [-0.2, -0.15) is 0 Å². The lowest BCUT2D eigenvalue weighted by Gasteiger charge is -2.32. The third-order valence-electron chi connectivity index (χ3n) is 7.97. The maximum absolute atomic E-state index is 15.1. The highest BCUT2D eigenvalue weighted by molar-refractivity contribution is 6.34. The van der Waals surface area contributed by atoms with E-state index in [1.807, 2.05) is 12.1 Å². The van der Waals surface area contributed by atoms with Crippen LogP contribution in [0, 0.1) is 11.7 Å². The fraction of sp³-hybridized carbons (Fsp3) is 0.517. The van der Waals surface area contributed by atoms with E-state index in [1.165, 1.54) is 11.0 Å². The van der Waals surface area contributed by atoms with Crippen LogP contribution in [0.4, 0.5) is 4.39 Å². The molecule has 2 aromatic carbocycles. The molecule has 2 aromatic rings. The summed E-state index contributed by atoms with van der Waals surface area (Å²) in [6.45, 7) is 3.62. The van der Waals surface area contributed by atoms with E-state index in [1.54, 1.807) is 12.1 Å². The van der Waals surface area contributed by atoms with Crippen molar-refractivity contribution in [3.05, 3.63) is 62.9 Å². The number of carboxylic acid groups (broad SMARTS) is 1. The molecule has 3 aliphatic rings. The highest BCUT2D eigenvalue weighted by Gasteiger charge is 2.37. The van der Waals surface area contributed by atoms with Crippen LogP contribution >= 0.6 is 23.2 Å². The Morgan fingerprint density at radius 1 is 0.974 bits per heavy atom. The number of benzene rings is 2. The first-order valence-corrected chi connectivity index (χ1v) is 14.2. The van der Waals surface area contributed by atoms with E-state index in [9.17, 15) is 14.7 Å². The van der Waals surface area contributed by atoms with Gasteiger partial charge in [0, 0.05) is 29.2 Å². The lowest BCUT2D eigenvalue weighted by molar-refractivity contribution is -0.141. The van der Waals surface area contributed by atoms with Crippen LogP contribution in [-0.4, -0.2) is 59.1 Å². The SMILES string of the molecule is O=C(O)[C@@H]1CCCN1C(=O)c1cc(C2CC2)c(OCCC2CCN(Cc3cc(Cl)cc(Cl)c3)CC2)cc1F. The van der Waals surface area contributed by atoms with Crippen LogP contribution in [0.5, 0.6) is 5.75 Å². The molecule has 1 saturated carbocycles. The van der Waals surface area contributed by atoms with Crippen molar-refractivity contribution in [1.29, 1.82) is 0 Å². The molecule has 1 amide bonds. The lowest BCUT2D eigenvalue weighted by Crippen LogP contribution is -2.40. The first-order valence-electron chi connectivity index (χ1n) is 13.5. The van der Waals surface area contributed by atoms with Crippen LogP contribution in [0.1, 0.15) is 72.3 Å². The zero-order valence-electron chi connectivity index (χ0n) is 21.3. The minimum atomic E-state index is -1.04. The Labute approximate surface area is 232 Å². The summed E-state index contributed by atoms with van der Waals surface area (Å²) in [5.41, 5.74) is 1.92. The summed E-state index contributed by atoms with van der Waals surface area (Å²) in [5, 5.41) is 10.7. The van der Waals surface area contributed by atoms with Crippen molar-refractivity contribution in [3.63, 3.8) is 0 Å². The molecule has 9 heteroatoms. The monoisotopic (exact) mass is 562 g/mol. The molecule has 0 radical (unpaired) electrons. The predicted molar refractivity (Wildman–Crippen MR) is 145 cm³/mol. The average molecular weight is 563 g/mol. The second-order valence-electron chi connectivity index (χ2n) is 10.8. The number of hydrogen-bond donors (Lipinski definition) is 1. The molecule has 38 heavy (non-hydrogen) atoms. The zero-order chi connectivity index (χ0) is 26.8. The van der Waals surface area contributed by atoms with Crippen LogP contribution in [0.15, 0.2) is 30.3 Å². The van der Waals surface area contributed by atoms with Crippen molar-refractivity contribution in [1.82, 2.24) is 9.80 Å². The summed E-state index contributed by atoms with van der Waals surface area (Å²) < 4.78 is 21.2. The molecule has 2 heterocycles. The minimum Gasteiger partial charge on any atom is -0.493 e. The summed E-state index contributed by atoms with van der Waals surface area (Å²) >= 11 is 12.3. The van der Waals surface area contributed by atoms with Gasteiger partial charge in [0.2, 0.25) is 0 Å². The van der Waals surface area contributed by atoms with Gasteiger partial charge >= 0.3 is 5.97 Å². The first kappa shape index (κ1) is 27.2. The number of nitrogens with zero attached hydrogens (tertiary/aromatic N) is 2. The zero-order valence-corrected chi connectivity index (χ0v) is 22.8. The molecule has 0 bridgehead atoms. The van der Waals surface area contributed by atoms with Gasteiger partial charge in [-0.25, -0.2) is 9.18 Å². The molecule has 2 saturated heterocycles. The van der Waals surface area contributed by atoms with E-state index < -0.39 is 23.7 Å². The Balaban J connectivity index is 1.16. The number of rotatable bonds is 9. The number of carbonyl (C=O) groups excluding carboxylic acids is 1. The van der Waals surface area contributed by atoms with E-state index in [2.05, 4.69) is 4.90 Å². The summed E-state index contributed by atoms with van der Waals surface area (Å²) in [6, 6.07) is 7.69. The Morgan fingerprint density at radius 2 is 1.68 bits per heavy atom. The van der Waals surface area contributed by atoms with Crippen LogP contribution < -0.4 is 4.74 Å². The number of ether oxygens (including phenoxy) is 1. The fourth-order valence-corrected chi connectivity index (χ4v) is 6.30. The fourth-order valence-electron chi connectivity index (χ4n) is 5.72. The molecule has 1 N–H and O–H groups in total. The normalized spacial score (nSPS) is 20.6. The molecular formula is C29H33Cl2FN2O4. The van der Waals surface area contributed by atoms with Gasteiger partial charge in [-0.15, -0.1) is 0 Å². The lowest BCUT2D eigenvalue weighted by atomic mass is 9.93. The highest BCUT2D eigenvalue weighted by Crippen LogP contribution is 2.45. The number of piperidine rings is 1.